The van der Waals surface area contributed by atoms with Crippen molar-refractivity contribution in [1.82, 2.24) is 14.5 Å². The monoisotopic (exact) mass is 501 g/mol. The largest absolute Gasteiger partial charge is 0.484 e. The molecule has 0 unspecified atom stereocenters. The van der Waals surface area contributed by atoms with Crippen LogP contribution >= 0.6 is 0 Å². The van der Waals surface area contributed by atoms with Crippen molar-refractivity contribution in [3.8, 4) is 5.75 Å². The molecule has 0 radical (unpaired) electrons. The molecule has 1 N–H and O–H groups in total. The van der Waals surface area contributed by atoms with Gasteiger partial charge in [-0.15, -0.1) is 6.58 Å². The van der Waals surface area contributed by atoms with Gasteiger partial charge in [-0.2, -0.15) is 4.31 Å². The molecule has 0 bridgehead atoms. The number of sulfonamides is 1. The van der Waals surface area contributed by atoms with Crippen molar-refractivity contribution in [2.24, 2.45) is 0 Å². The van der Waals surface area contributed by atoms with Crippen LogP contribution in [-0.2, 0) is 30.9 Å². The van der Waals surface area contributed by atoms with E-state index in [9.17, 15) is 18.0 Å². The smallest absolute Gasteiger partial charge is 0.261 e. The molecule has 0 spiro atoms. The lowest BCUT2D eigenvalue weighted by Gasteiger charge is -2.28. The van der Waals surface area contributed by atoms with E-state index in [2.05, 4.69) is 11.9 Å². The molecule has 2 aromatic carbocycles. The maximum atomic E-state index is 13.1. The molecule has 1 atom stereocenters. The third-order valence-electron chi connectivity index (χ3n) is 5.58. The normalized spacial score (nSPS) is 15.1. The molecular weight excluding hydrogens is 470 g/mol. The van der Waals surface area contributed by atoms with E-state index >= 15 is 0 Å². The number of hydrogen-bond donors (Lipinski definition) is 1. The topological polar surface area (TPSA) is 105 Å². The first kappa shape index (κ1) is 26.4. The zero-order valence-electron chi connectivity index (χ0n) is 19.8. The Kier molecular flexibility index (Phi) is 9.41. The fourth-order valence-corrected chi connectivity index (χ4v) is 4.96. The first-order chi connectivity index (χ1) is 16.8. The Bertz CT molecular complexity index is 1100. The minimum atomic E-state index is -3.62. The minimum absolute atomic E-state index is 0.149. The molecule has 1 aliphatic rings. The van der Waals surface area contributed by atoms with Crippen molar-refractivity contribution in [2.45, 2.75) is 24.4 Å². The number of ether oxygens (including phenoxy) is 2. The molecule has 35 heavy (non-hydrogen) atoms. The summed E-state index contributed by atoms with van der Waals surface area (Å²) in [5, 5.41) is 2.71. The zero-order chi connectivity index (χ0) is 25.3. The van der Waals surface area contributed by atoms with Crippen LogP contribution in [0.25, 0.3) is 0 Å². The standard InChI is InChI=1S/C25H31N3O6S/c1-3-13-26-25(30)20(2)28(18-21-7-5-4-6-8-21)24(29)19-34-22-9-11-23(12-10-22)35(31,32)27-14-16-33-17-15-27/h3-12,20H,1,13-19H2,2H3,(H,26,30)/t20-/m1/s1. The number of amides is 2. The van der Waals surface area contributed by atoms with Gasteiger partial charge in [0, 0.05) is 26.2 Å². The third-order valence-corrected chi connectivity index (χ3v) is 7.49. The highest BCUT2D eigenvalue weighted by atomic mass is 32.2. The highest BCUT2D eigenvalue weighted by Gasteiger charge is 2.27. The van der Waals surface area contributed by atoms with Gasteiger partial charge in [0.1, 0.15) is 11.8 Å². The molecule has 1 saturated heterocycles. The van der Waals surface area contributed by atoms with E-state index in [1.807, 2.05) is 30.3 Å². The molecule has 2 aromatic rings. The summed E-state index contributed by atoms with van der Waals surface area (Å²) in [7, 11) is -3.62. The predicted molar refractivity (Wildman–Crippen MR) is 131 cm³/mol. The first-order valence-corrected chi connectivity index (χ1v) is 12.8. The van der Waals surface area contributed by atoms with Crippen LogP contribution in [0, 0.1) is 0 Å². The number of benzene rings is 2. The van der Waals surface area contributed by atoms with E-state index in [0.29, 0.717) is 38.6 Å². The van der Waals surface area contributed by atoms with Gasteiger partial charge < -0.3 is 19.7 Å². The van der Waals surface area contributed by atoms with Gasteiger partial charge >= 0.3 is 0 Å². The van der Waals surface area contributed by atoms with Crippen molar-refractivity contribution < 1.29 is 27.5 Å². The van der Waals surface area contributed by atoms with E-state index < -0.39 is 16.1 Å². The van der Waals surface area contributed by atoms with Crippen molar-refractivity contribution >= 4 is 21.8 Å². The van der Waals surface area contributed by atoms with Crippen molar-refractivity contribution in [3.05, 3.63) is 72.8 Å². The number of nitrogens with zero attached hydrogens (tertiary/aromatic N) is 2. The van der Waals surface area contributed by atoms with Gasteiger partial charge in [0.15, 0.2) is 6.61 Å². The summed E-state index contributed by atoms with van der Waals surface area (Å²) in [5.74, 6) is -0.324. The Morgan fingerprint density at radius 2 is 1.80 bits per heavy atom. The van der Waals surface area contributed by atoms with E-state index in [0.717, 1.165) is 5.56 Å². The molecule has 0 aromatic heterocycles. The Balaban J connectivity index is 1.66. The molecular formula is C25H31N3O6S. The number of carbonyl (C=O) groups excluding carboxylic acids is 2. The molecule has 1 fully saturated rings. The van der Waals surface area contributed by atoms with E-state index in [1.165, 1.54) is 33.5 Å². The lowest BCUT2D eigenvalue weighted by molar-refractivity contribution is -0.142. The lowest BCUT2D eigenvalue weighted by atomic mass is 10.1. The fourth-order valence-electron chi connectivity index (χ4n) is 3.56. The molecule has 1 heterocycles. The zero-order valence-corrected chi connectivity index (χ0v) is 20.6. The summed E-state index contributed by atoms with van der Waals surface area (Å²) in [6, 6.07) is 14.6. The number of rotatable bonds is 11. The Morgan fingerprint density at radius 3 is 2.43 bits per heavy atom. The van der Waals surface area contributed by atoms with Gasteiger partial charge in [-0.05, 0) is 36.8 Å². The average molecular weight is 502 g/mol. The number of carbonyl (C=O) groups is 2. The predicted octanol–water partition coefficient (Wildman–Crippen LogP) is 1.81. The number of hydrogen-bond acceptors (Lipinski definition) is 6. The second-order valence-electron chi connectivity index (χ2n) is 7.99. The van der Waals surface area contributed by atoms with Gasteiger partial charge in [0.05, 0.1) is 18.1 Å². The first-order valence-electron chi connectivity index (χ1n) is 11.4. The summed E-state index contributed by atoms with van der Waals surface area (Å²) in [6.07, 6.45) is 1.57. The summed E-state index contributed by atoms with van der Waals surface area (Å²) < 4.78 is 37.8. The average Bonchev–Trinajstić information content (AvgIpc) is 2.90. The second-order valence-corrected chi connectivity index (χ2v) is 9.93. The van der Waals surface area contributed by atoms with Crippen LogP contribution in [0.15, 0.2) is 72.1 Å². The summed E-state index contributed by atoms with van der Waals surface area (Å²) in [6.45, 7) is 6.83. The van der Waals surface area contributed by atoms with Crippen molar-refractivity contribution in [2.75, 3.05) is 39.5 Å². The van der Waals surface area contributed by atoms with Crippen LogP contribution in [0.3, 0.4) is 0 Å². The molecule has 10 heteroatoms. The van der Waals surface area contributed by atoms with Crippen molar-refractivity contribution in [3.63, 3.8) is 0 Å². The molecule has 2 amide bonds. The molecule has 3 rings (SSSR count). The molecule has 188 valence electrons. The molecule has 1 aliphatic heterocycles. The Morgan fingerprint density at radius 1 is 1.14 bits per heavy atom. The van der Waals surface area contributed by atoms with Gasteiger partial charge in [0.2, 0.25) is 15.9 Å². The maximum absolute atomic E-state index is 13.1. The third kappa shape index (κ3) is 7.14. The highest BCUT2D eigenvalue weighted by Crippen LogP contribution is 2.21. The highest BCUT2D eigenvalue weighted by molar-refractivity contribution is 7.89. The van der Waals surface area contributed by atoms with Crippen molar-refractivity contribution in [1.29, 1.82) is 0 Å². The number of nitrogens with one attached hydrogen (secondary N) is 1. The van der Waals surface area contributed by atoms with E-state index in [1.54, 1.807) is 13.0 Å². The number of morpholine rings is 1. The quantitative estimate of drug-likeness (QED) is 0.471. The SMILES string of the molecule is C=CCNC(=O)[C@@H](C)N(Cc1ccccc1)C(=O)COc1ccc(S(=O)(=O)N2CCOCC2)cc1. The van der Waals surface area contributed by atoms with Crippen LogP contribution in [0.4, 0.5) is 0 Å². The molecule has 0 saturated carbocycles. The Hall–Kier alpha value is -3.21. The van der Waals surface area contributed by atoms with Crippen LogP contribution in [0.1, 0.15) is 12.5 Å². The molecule has 9 nitrogen and oxygen atoms in total. The summed E-state index contributed by atoms with van der Waals surface area (Å²) in [5.41, 5.74) is 0.877. The van der Waals surface area contributed by atoms with Crippen LogP contribution in [-0.4, -0.2) is 74.9 Å². The second kappa shape index (κ2) is 12.5. The fraction of sp³-hybridized carbons (Fsp3) is 0.360. The van der Waals surface area contributed by atoms with Crippen LogP contribution < -0.4 is 10.1 Å². The maximum Gasteiger partial charge on any atom is 0.261 e. The summed E-state index contributed by atoms with van der Waals surface area (Å²) >= 11 is 0. The molecule has 0 aliphatic carbocycles. The lowest BCUT2D eigenvalue weighted by Crippen LogP contribution is -2.49. The van der Waals surface area contributed by atoms with Gasteiger partial charge in [-0.1, -0.05) is 36.4 Å². The van der Waals surface area contributed by atoms with Crippen LogP contribution in [0.5, 0.6) is 5.75 Å². The van der Waals surface area contributed by atoms with Crippen LogP contribution in [0.2, 0.25) is 0 Å². The minimum Gasteiger partial charge on any atom is -0.484 e. The van der Waals surface area contributed by atoms with E-state index in [4.69, 9.17) is 9.47 Å². The van der Waals surface area contributed by atoms with Gasteiger partial charge in [-0.25, -0.2) is 8.42 Å². The van der Waals surface area contributed by atoms with E-state index in [-0.39, 0.29) is 29.9 Å². The summed E-state index contributed by atoms with van der Waals surface area (Å²) in [4.78, 5) is 27.2. The van der Waals surface area contributed by atoms with Gasteiger partial charge in [0.25, 0.3) is 5.91 Å². The Labute approximate surface area is 206 Å². The van der Waals surface area contributed by atoms with Gasteiger partial charge in [-0.3, -0.25) is 9.59 Å².